The SMILES string of the molecule is O=C(NC1CC1)C(C1=CNOC=C1)c1ccccc1. The smallest absolute Gasteiger partial charge is 0.232 e. The molecule has 3 rings (SSSR count). The fourth-order valence-corrected chi connectivity index (χ4v) is 2.13. The van der Waals surface area contributed by atoms with Gasteiger partial charge in [0.1, 0.15) is 6.26 Å². The minimum absolute atomic E-state index is 0.0494. The van der Waals surface area contributed by atoms with Crippen LogP contribution in [0.3, 0.4) is 0 Å². The maximum Gasteiger partial charge on any atom is 0.232 e. The highest BCUT2D eigenvalue weighted by Crippen LogP contribution is 2.28. The Hall–Kier alpha value is -2.23. The van der Waals surface area contributed by atoms with Crippen molar-refractivity contribution in [3.05, 3.63) is 60.0 Å². The van der Waals surface area contributed by atoms with E-state index in [4.69, 9.17) is 4.84 Å². The third kappa shape index (κ3) is 2.78. The van der Waals surface area contributed by atoms with Crippen molar-refractivity contribution in [1.29, 1.82) is 0 Å². The van der Waals surface area contributed by atoms with Crippen molar-refractivity contribution in [2.24, 2.45) is 0 Å². The average molecular weight is 256 g/mol. The highest BCUT2D eigenvalue weighted by Gasteiger charge is 2.30. The van der Waals surface area contributed by atoms with E-state index in [1.165, 1.54) is 0 Å². The van der Waals surface area contributed by atoms with Gasteiger partial charge >= 0.3 is 0 Å². The quantitative estimate of drug-likeness (QED) is 0.866. The topological polar surface area (TPSA) is 50.4 Å². The van der Waals surface area contributed by atoms with E-state index in [1.807, 2.05) is 36.4 Å². The molecule has 0 saturated heterocycles. The van der Waals surface area contributed by atoms with Gasteiger partial charge in [-0.2, -0.15) is 0 Å². The molecule has 1 amide bonds. The third-order valence-electron chi connectivity index (χ3n) is 3.27. The number of carbonyl (C=O) groups excluding carboxylic acids is 1. The van der Waals surface area contributed by atoms with Crippen molar-refractivity contribution in [3.63, 3.8) is 0 Å². The zero-order valence-electron chi connectivity index (χ0n) is 10.5. The Balaban J connectivity index is 1.88. The molecule has 1 saturated carbocycles. The lowest BCUT2D eigenvalue weighted by Crippen LogP contribution is -2.32. The van der Waals surface area contributed by atoms with Gasteiger partial charge < -0.3 is 10.2 Å². The molecule has 1 aliphatic carbocycles. The summed E-state index contributed by atoms with van der Waals surface area (Å²) in [7, 11) is 0. The van der Waals surface area contributed by atoms with Gasteiger partial charge in [-0.05, 0) is 30.1 Å². The fraction of sp³-hybridized carbons (Fsp3) is 0.267. The number of hydroxylamine groups is 1. The van der Waals surface area contributed by atoms with Gasteiger partial charge in [-0.25, -0.2) is 5.48 Å². The number of nitrogens with one attached hydrogen (secondary N) is 2. The molecule has 4 nitrogen and oxygen atoms in total. The van der Waals surface area contributed by atoms with E-state index < -0.39 is 0 Å². The molecule has 1 heterocycles. The molecule has 0 aromatic heterocycles. The lowest BCUT2D eigenvalue weighted by Gasteiger charge is -2.20. The van der Waals surface area contributed by atoms with E-state index in [0.29, 0.717) is 6.04 Å². The number of amides is 1. The van der Waals surface area contributed by atoms with Crippen LogP contribution >= 0.6 is 0 Å². The van der Waals surface area contributed by atoms with Crippen molar-refractivity contribution in [1.82, 2.24) is 10.8 Å². The van der Waals surface area contributed by atoms with E-state index in [2.05, 4.69) is 10.8 Å². The van der Waals surface area contributed by atoms with E-state index in [0.717, 1.165) is 24.0 Å². The van der Waals surface area contributed by atoms with Crippen LogP contribution in [0.15, 0.2) is 54.4 Å². The van der Waals surface area contributed by atoms with Gasteiger partial charge in [0.2, 0.25) is 5.91 Å². The number of benzene rings is 1. The summed E-state index contributed by atoms with van der Waals surface area (Å²) < 4.78 is 0. The van der Waals surface area contributed by atoms with Gasteiger partial charge in [0.25, 0.3) is 0 Å². The Morgan fingerprint density at radius 3 is 2.74 bits per heavy atom. The van der Waals surface area contributed by atoms with Crippen molar-refractivity contribution in [3.8, 4) is 0 Å². The normalized spacial score (nSPS) is 18.8. The Morgan fingerprint density at radius 1 is 1.32 bits per heavy atom. The summed E-state index contributed by atoms with van der Waals surface area (Å²) in [6.45, 7) is 0. The van der Waals surface area contributed by atoms with Crippen LogP contribution in [0.1, 0.15) is 24.3 Å². The van der Waals surface area contributed by atoms with Crippen LogP contribution in [0.4, 0.5) is 0 Å². The third-order valence-corrected chi connectivity index (χ3v) is 3.27. The zero-order chi connectivity index (χ0) is 13.1. The molecule has 0 radical (unpaired) electrons. The molecule has 0 bridgehead atoms. The minimum atomic E-state index is -0.297. The second-order valence-corrected chi connectivity index (χ2v) is 4.81. The summed E-state index contributed by atoms with van der Waals surface area (Å²) in [5.41, 5.74) is 4.57. The molecule has 1 aromatic carbocycles. The van der Waals surface area contributed by atoms with Crippen molar-refractivity contribution < 1.29 is 9.63 Å². The molecule has 1 fully saturated rings. The zero-order valence-corrected chi connectivity index (χ0v) is 10.5. The van der Waals surface area contributed by atoms with Gasteiger partial charge in [-0.1, -0.05) is 30.3 Å². The first-order chi connectivity index (χ1) is 9.34. The number of rotatable bonds is 4. The van der Waals surface area contributed by atoms with Crippen LogP contribution in [0, 0.1) is 0 Å². The minimum Gasteiger partial charge on any atom is -0.391 e. The number of carbonyl (C=O) groups is 1. The van der Waals surface area contributed by atoms with Gasteiger partial charge in [0.15, 0.2) is 0 Å². The van der Waals surface area contributed by atoms with Crippen molar-refractivity contribution >= 4 is 5.91 Å². The van der Waals surface area contributed by atoms with Gasteiger partial charge in [-0.3, -0.25) is 4.79 Å². The van der Waals surface area contributed by atoms with Gasteiger partial charge in [0.05, 0.1) is 5.92 Å². The molecule has 2 aliphatic rings. The first-order valence-electron chi connectivity index (χ1n) is 6.48. The van der Waals surface area contributed by atoms with E-state index in [9.17, 15) is 4.79 Å². The average Bonchev–Trinajstić information content (AvgIpc) is 3.25. The number of hydrogen-bond donors (Lipinski definition) is 2. The monoisotopic (exact) mass is 256 g/mol. The molecule has 1 unspecified atom stereocenters. The summed E-state index contributed by atoms with van der Waals surface area (Å²) in [5, 5.41) is 3.07. The molecule has 1 aromatic rings. The van der Waals surface area contributed by atoms with Gasteiger partial charge in [-0.15, -0.1) is 0 Å². The van der Waals surface area contributed by atoms with E-state index in [-0.39, 0.29) is 11.8 Å². The predicted molar refractivity (Wildman–Crippen MR) is 71.8 cm³/mol. The largest absolute Gasteiger partial charge is 0.391 e. The van der Waals surface area contributed by atoms with Crippen molar-refractivity contribution in [2.45, 2.75) is 24.8 Å². The van der Waals surface area contributed by atoms with Gasteiger partial charge in [0, 0.05) is 12.2 Å². The van der Waals surface area contributed by atoms with Crippen LogP contribution in [-0.2, 0) is 9.63 Å². The first kappa shape index (κ1) is 11.8. The maximum atomic E-state index is 12.4. The molecule has 1 aliphatic heterocycles. The van der Waals surface area contributed by atoms with Crippen LogP contribution in [0.25, 0.3) is 0 Å². The summed E-state index contributed by atoms with van der Waals surface area (Å²) in [6, 6.07) is 10.2. The highest BCUT2D eigenvalue weighted by molar-refractivity contribution is 5.88. The van der Waals surface area contributed by atoms with Crippen LogP contribution in [-0.4, -0.2) is 11.9 Å². The number of hydrogen-bond acceptors (Lipinski definition) is 3. The first-order valence-corrected chi connectivity index (χ1v) is 6.48. The highest BCUT2D eigenvalue weighted by atomic mass is 16.6. The number of allylic oxidation sites excluding steroid dienone is 1. The lowest BCUT2D eigenvalue weighted by atomic mass is 9.90. The Labute approximate surface area is 112 Å². The standard InChI is InChI=1S/C15H16N2O2/c18-15(17-13-6-7-13)14(11-4-2-1-3-5-11)12-8-9-19-16-10-12/h1-5,8-10,13-14,16H,6-7H2,(H,17,18). The molecule has 4 heteroatoms. The van der Waals surface area contributed by atoms with Crippen LogP contribution in [0.5, 0.6) is 0 Å². The van der Waals surface area contributed by atoms with E-state index in [1.54, 1.807) is 12.5 Å². The van der Waals surface area contributed by atoms with E-state index >= 15 is 0 Å². The lowest BCUT2D eigenvalue weighted by molar-refractivity contribution is -0.121. The second-order valence-electron chi connectivity index (χ2n) is 4.81. The van der Waals surface area contributed by atoms with Crippen molar-refractivity contribution in [2.75, 3.05) is 0 Å². The van der Waals surface area contributed by atoms with Crippen LogP contribution in [0.2, 0.25) is 0 Å². The second kappa shape index (κ2) is 5.18. The summed E-state index contributed by atoms with van der Waals surface area (Å²) in [5.74, 6) is -0.247. The molecule has 19 heavy (non-hydrogen) atoms. The molecule has 2 N–H and O–H groups in total. The summed E-state index contributed by atoms with van der Waals surface area (Å²) >= 11 is 0. The Kier molecular flexibility index (Phi) is 3.23. The maximum absolute atomic E-state index is 12.4. The summed E-state index contributed by atoms with van der Waals surface area (Å²) in [6.07, 6.45) is 7.27. The molecule has 1 atom stereocenters. The summed E-state index contributed by atoms with van der Waals surface area (Å²) in [4.78, 5) is 17.4. The Morgan fingerprint density at radius 2 is 2.11 bits per heavy atom. The molecular weight excluding hydrogens is 240 g/mol. The van der Waals surface area contributed by atoms with Crippen LogP contribution < -0.4 is 10.8 Å². The molecular formula is C15H16N2O2. The predicted octanol–water partition coefficient (Wildman–Crippen LogP) is 1.98. The molecule has 0 spiro atoms. The Bertz CT molecular complexity index is 518. The fourth-order valence-electron chi connectivity index (χ4n) is 2.13. The molecule has 98 valence electrons.